The average Bonchev–Trinajstić information content (AvgIpc) is 2.71. The van der Waals surface area contributed by atoms with E-state index in [9.17, 15) is 4.79 Å². The number of hydrogen-bond donors (Lipinski definition) is 2. The minimum absolute atomic E-state index is 0.0370. The van der Waals surface area contributed by atoms with Crippen LogP contribution in [0.2, 0.25) is 0 Å². The van der Waals surface area contributed by atoms with E-state index in [-0.39, 0.29) is 18.6 Å². The van der Waals surface area contributed by atoms with E-state index in [1.165, 1.54) is 0 Å². The molecule has 5 heteroatoms. The minimum atomic E-state index is -0.0370. The summed E-state index contributed by atoms with van der Waals surface area (Å²) in [7, 11) is 0. The summed E-state index contributed by atoms with van der Waals surface area (Å²) >= 11 is 0. The van der Waals surface area contributed by atoms with Crippen molar-refractivity contribution in [2.24, 2.45) is 0 Å². The van der Waals surface area contributed by atoms with Gasteiger partial charge in [0, 0.05) is 13.0 Å². The number of aromatic nitrogens is 2. The maximum atomic E-state index is 10.9. The van der Waals surface area contributed by atoms with E-state index in [1.54, 1.807) is 12.5 Å². The molecule has 1 atom stereocenters. The number of imidazole rings is 1. The Morgan fingerprint density at radius 1 is 1.77 bits per heavy atom. The van der Waals surface area contributed by atoms with Gasteiger partial charge in [0.25, 0.3) is 0 Å². The molecule has 70 valence electrons. The molecule has 1 aliphatic heterocycles. The van der Waals surface area contributed by atoms with Gasteiger partial charge in [0.05, 0.1) is 30.9 Å². The summed E-state index contributed by atoms with van der Waals surface area (Å²) in [6.07, 6.45) is 3.74. The number of amides is 1. The summed E-state index contributed by atoms with van der Waals surface area (Å²) in [5.41, 5.74) is 0.751. The lowest BCUT2D eigenvalue weighted by atomic mass is 10.2. The van der Waals surface area contributed by atoms with E-state index in [4.69, 9.17) is 5.11 Å². The van der Waals surface area contributed by atoms with Gasteiger partial charge in [-0.15, -0.1) is 0 Å². The first kappa shape index (κ1) is 8.25. The Hall–Kier alpha value is -1.36. The van der Waals surface area contributed by atoms with Crippen LogP contribution < -0.4 is 5.32 Å². The molecular formula is C8H11N3O2. The van der Waals surface area contributed by atoms with Crippen molar-refractivity contribution in [3.63, 3.8) is 0 Å². The van der Waals surface area contributed by atoms with Gasteiger partial charge in [0.15, 0.2) is 0 Å². The molecule has 2 N–H and O–H groups in total. The Labute approximate surface area is 75.4 Å². The normalized spacial score (nSPS) is 21.9. The summed E-state index contributed by atoms with van der Waals surface area (Å²) in [5, 5.41) is 11.7. The van der Waals surface area contributed by atoms with Crippen LogP contribution in [0.5, 0.6) is 0 Å². The minimum Gasteiger partial charge on any atom is -0.390 e. The molecule has 0 radical (unpaired) electrons. The number of rotatable bonds is 2. The molecule has 0 spiro atoms. The van der Waals surface area contributed by atoms with E-state index in [0.29, 0.717) is 13.0 Å². The van der Waals surface area contributed by atoms with Crippen LogP contribution in [0, 0.1) is 0 Å². The maximum Gasteiger partial charge on any atom is 0.222 e. The number of carbonyl (C=O) groups excluding carboxylic acids is 1. The molecule has 1 aliphatic rings. The van der Waals surface area contributed by atoms with Crippen molar-refractivity contribution in [3.05, 3.63) is 18.2 Å². The first-order valence-electron chi connectivity index (χ1n) is 4.19. The number of nitrogens with zero attached hydrogens (tertiary/aromatic N) is 2. The monoisotopic (exact) mass is 181 g/mol. The van der Waals surface area contributed by atoms with Crippen molar-refractivity contribution >= 4 is 5.91 Å². The SMILES string of the molecule is O=C1CC(n2cncc2CO)CN1. The number of hydrogen-bond acceptors (Lipinski definition) is 3. The first-order chi connectivity index (χ1) is 6.31. The Kier molecular flexibility index (Phi) is 2.02. The maximum absolute atomic E-state index is 10.9. The lowest BCUT2D eigenvalue weighted by molar-refractivity contribution is -0.119. The third kappa shape index (κ3) is 1.42. The zero-order valence-electron chi connectivity index (χ0n) is 7.10. The fourth-order valence-electron chi connectivity index (χ4n) is 1.57. The van der Waals surface area contributed by atoms with Crippen LogP contribution in [0.4, 0.5) is 0 Å². The van der Waals surface area contributed by atoms with Crippen molar-refractivity contribution in [1.82, 2.24) is 14.9 Å². The quantitative estimate of drug-likeness (QED) is 0.642. The van der Waals surface area contributed by atoms with Crippen LogP contribution in [0.15, 0.2) is 12.5 Å². The molecule has 0 aliphatic carbocycles. The van der Waals surface area contributed by atoms with Gasteiger partial charge in [-0.05, 0) is 0 Å². The van der Waals surface area contributed by atoms with E-state index < -0.39 is 0 Å². The van der Waals surface area contributed by atoms with Crippen LogP contribution in [-0.4, -0.2) is 27.1 Å². The van der Waals surface area contributed by atoms with Crippen LogP contribution in [0.3, 0.4) is 0 Å². The number of carbonyl (C=O) groups is 1. The zero-order chi connectivity index (χ0) is 9.26. The van der Waals surface area contributed by atoms with Crippen LogP contribution in [-0.2, 0) is 11.4 Å². The molecule has 1 amide bonds. The summed E-state index contributed by atoms with van der Waals surface area (Å²) < 4.78 is 1.85. The molecule has 1 saturated heterocycles. The lowest BCUT2D eigenvalue weighted by Gasteiger charge is -2.11. The van der Waals surface area contributed by atoms with Gasteiger partial charge < -0.3 is 15.0 Å². The Morgan fingerprint density at radius 2 is 2.62 bits per heavy atom. The summed E-state index contributed by atoms with van der Waals surface area (Å²) in [4.78, 5) is 14.9. The largest absolute Gasteiger partial charge is 0.390 e. The molecule has 0 aromatic carbocycles. The molecule has 1 aromatic heterocycles. The number of aliphatic hydroxyl groups is 1. The highest BCUT2D eigenvalue weighted by Gasteiger charge is 2.23. The summed E-state index contributed by atoms with van der Waals surface area (Å²) in [5.74, 6) is 0.0580. The van der Waals surface area contributed by atoms with Gasteiger partial charge in [-0.25, -0.2) is 4.98 Å². The molecule has 2 rings (SSSR count). The predicted octanol–water partition coefficient (Wildman–Crippen LogP) is -0.564. The highest BCUT2D eigenvalue weighted by molar-refractivity contribution is 5.78. The highest BCUT2D eigenvalue weighted by atomic mass is 16.3. The van der Waals surface area contributed by atoms with E-state index in [1.807, 2.05) is 4.57 Å². The Morgan fingerprint density at radius 3 is 3.23 bits per heavy atom. The van der Waals surface area contributed by atoms with E-state index in [0.717, 1.165) is 5.69 Å². The van der Waals surface area contributed by atoms with Gasteiger partial charge in [0.1, 0.15) is 0 Å². The van der Waals surface area contributed by atoms with Crippen molar-refractivity contribution in [2.75, 3.05) is 6.54 Å². The van der Waals surface area contributed by atoms with E-state index in [2.05, 4.69) is 10.3 Å². The second kappa shape index (κ2) is 3.18. The molecule has 2 heterocycles. The second-order valence-electron chi connectivity index (χ2n) is 3.11. The molecule has 1 aromatic rings. The van der Waals surface area contributed by atoms with Crippen LogP contribution in [0.1, 0.15) is 18.2 Å². The fraction of sp³-hybridized carbons (Fsp3) is 0.500. The first-order valence-corrected chi connectivity index (χ1v) is 4.19. The molecule has 0 saturated carbocycles. The van der Waals surface area contributed by atoms with Gasteiger partial charge in [-0.3, -0.25) is 4.79 Å². The van der Waals surface area contributed by atoms with Gasteiger partial charge in [0.2, 0.25) is 5.91 Å². The second-order valence-corrected chi connectivity index (χ2v) is 3.11. The van der Waals surface area contributed by atoms with Crippen molar-refractivity contribution in [1.29, 1.82) is 0 Å². The topological polar surface area (TPSA) is 67.2 Å². The molecule has 13 heavy (non-hydrogen) atoms. The summed E-state index contributed by atoms with van der Waals surface area (Å²) in [6.45, 7) is 0.590. The van der Waals surface area contributed by atoms with Crippen molar-refractivity contribution < 1.29 is 9.90 Å². The third-order valence-electron chi connectivity index (χ3n) is 2.26. The Balaban J connectivity index is 2.20. The van der Waals surface area contributed by atoms with Crippen LogP contribution in [0.25, 0.3) is 0 Å². The fourth-order valence-corrected chi connectivity index (χ4v) is 1.57. The average molecular weight is 181 g/mol. The Bertz CT molecular complexity index is 321. The molecule has 1 unspecified atom stereocenters. The molecular weight excluding hydrogens is 170 g/mol. The standard InChI is InChI=1S/C8H11N3O2/c12-4-7-2-9-5-11(7)6-1-8(13)10-3-6/h2,5-6,12H,1,3-4H2,(H,10,13). The van der Waals surface area contributed by atoms with Crippen LogP contribution >= 0.6 is 0 Å². The lowest BCUT2D eigenvalue weighted by Crippen LogP contribution is -2.16. The summed E-state index contributed by atoms with van der Waals surface area (Å²) in [6, 6.07) is 0.108. The third-order valence-corrected chi connectivity index (χ3v) is 2.26. The van der Waals surface area contributed by atoms with Gasteiger partial charge in [-0.1, -0.05) is 0 Å². The zero-order valence-corrected chi connectivity index (χ0v) is 7.10. The highest BCUT2D eigenvalue weighted by Crippen LogP contribution is 2.17. The molecule has 0 bridgehead atoms. The predicted molar refractivity (Wildman–Crippen MR) is 44.8 cm³/mol. The molecule has 1 fully saturated rings. The van der Waals surface area contributed by atoms with Crippen molar-refractivity contribution in [2.45, 2.75) is 19.1 Å². The van der Waals surface area contributed by atoms with E-state index >= 15 is 0 Å². The number of aliphatic hydroxyl groups excluding tert-OH is 1. The van der Waals surface area contributed by atoms with Gasteiger partial charge in [-0.2, -0.15) is 0 Å². The molecule has 5 nitrogen and oxygen atoms in total. The smallest absolute Gasteiger partial charge is 0.222 e. The van der Waals surface area contributed by atoms with Gasteiger partial charge >= 0.3 is 0 Å². The van der Waals surface area contributed by atoms with Crippen molar-refractivity contribution in [3.8, 4) is 0 Å². The number of nitrogens with one attached hydrogen (secondary N) is 1.